The monoisotopic (exact) mass is 274 g/mol. The SMILES string of the molecule is CCC(=O)c1ccc(-c2ccc(OC)cc2)cc1Cl. The molecule has 2 rings (SSSR count). The van der Waals surface area contributed by atoms with Crippen molar-refractivity contribution >= 4 is 17.4 Å². The maximum atomic E-state index is 11.7. The molecule has 0 N–H and O–H groups in total. The summed E-state index contributed by atoms with van der Waals surface area (Å²) in [6.45, 7) is 1.83. The molecular weight excluding hydrogens is 260 g/mol. The molecule has 3 heteroatoms. The molecule has 0 aliphatic rings. The van der Waals surface area contributed by atoms with Gasteiger partial charge in [0.05, 0.1) is 12.1 Å². The van der Waals surface area contributed by atoms with Crippen molar-refractivity contribution in [1.29, 1.82) is 0 Å². The number of ether oxygens (including phenoxy) is 1. The molecule has 0 bridgehead atoms. The highest BCUT2D eigenvalue weighted by Crippen LogP contribution is 2.27. The van der Waals surface area contributed by atoms with Crippen molar-refractivity contribution in [3.63, 3.8) is 0 Å². The second-order valence-electron chi connectivity index (χ2n) is 4.20. The van der Waals surface area contributed by atoms with Crippen LogP contribution in [0.4, 0.5) is 0 Å². The van der Waals surface area contributed by atoms with Crippen LogP contribution in [-0.4, -0.2) is 12.9 Å². The summed E-state index contributed by atoms with van der Waals surface area (Å²) in [4.78, 5) is 11.7. The molecule has 98 valence electrons. The normalized spacial score (nSPS) is 10.3. The molecule has 0 spiro atoms. The Morgan fingerprint density at radius 2 is 1.74 bits per heavy atom. The number of halogens is 1. The number of rotatable bonds is 4. The van der Waals surface area contributed by atoms with E-state index in [-0.39, 0.29) is 5.78 Å². The number of carbonyl (C=O) groups is 1. The number of hydrogen-bond donors (Lipinski definition) is 0. The van der Waals surface area contributed by atoms with E-state index in [1.165, 1.54) is 0 Å². The van der Waals surface area contributed by atoms with Crippen molar-refractivity contribution in [3.05, 3.63) is 53.1 Å². The highest BCUT2D eigenvalue weighted by Gasteiger charge is 2.09. The number of carbonyl (C=O) groups excluding carboxylic acids is 1. The first-order chi connectivity index (χ1) is 9.15. The van der Waals surface area contributed by atoms with Gasteiger partial charge in [-0.2, -0.15) is 0 Å². The molecule has 0 aliphatic carbocycles. The molecule has 0 saturated carbocycles. The summed E-state index contributed by atoms with van der Waals surface area (Å²) in [5.41, 5.74) is 2.61. The summed E-state index contributed by atoms with van der Waals surface area (Å²) in [6.07, 6.45) is 0.460. The van der Waals surface area contributed by atoms with Crippen LogP contribution >= 0.6 is 11.6 Å². The summed E-state index contributed by atoms with van der Waals surface area (Å²) in [6, 6.07) is 13.2. The van der Waals surface area contributed by atoms with E-state index in [2.05, 4.69) is 0 Å². The van der Waals surface area contributed by atoms with E-state index < -0.39 is 0 Å². The quantitative estimate of drug-likeness (QED) is 0.761. The van der Waals surface area contributed by atoms with E-state index >= 15 is 0 Å². The Kier molecular flexibility index (Phi) is 4.23. The molecule has 2 aromatic rings. The maximum absolute atomic E-state index is 11.7. The number of ketones is 1. The molecule has 2 aromatic carbocycles. The zero-order valence-corrected chi connectivity index (χ0v) is 11.7. The minimum absolute atomic E-state index is 0.0614. The molecule has 0 heterocycles. The maximum Gasteiger partial charge on any atom is 0.164 e. The van der Waals surface area contributed by atoms with Crippen molar-refractivity contribution in [2.75, 3.05) is 7.11 Å². The Labute approximate surface area is 118 Å². The van der Waals surface area contributed by atoms with Crippen LogP contribution in [0.5, 0.6) is 5.75 Å². The van der Waals surface area contributed by atoms with Crippen LogP contribution in [0.2, 0.25) is 5.02 Å². The van der Waals surface area contributed by atoms with Gasteiger partial charge in [-0.05, 0) is 35.4 Å². The highest BCUT2D eigenvalue weighted by atomic mass is 35.5. The standard InChI is InChI=1S/C16H15ClO2/c1-3-16(18)14-9-6-12(10-15(14)17)11-4-7-13(19-2)8-5-11/h4-10H,3H2,1-2H3. The molecule has 19 heavy (non-hydrogen) atoms. The third-order valence-corrected chi connectivity index (χ3v) is 3.33. The van der Waals surface area contributed by atoms with Crippen LogP contribution in [0.15, 0.2) is 42.5 Å². The fraction of sp³-hybridized carbons (Fsp3) is 0.188. The molecule has 0 aliphatic heterocycles. The zero-order chi connectivity index (χ0) is 13.8. The lowest BCUT2D eigenvalue weighted by Gasteiger charge is -2.07. The Bertz CT molecular complexity index is 588. The predicted octanol–water partition coefficient (Wildman–Crippen LogP) is 4.61. The van der Waals surface area contributed by atoms with Crippen molar-refractivity contribution in [2.45, 2.75) is 13.3 Å². The van der Waals surface area contributed by atoms with Gasteiger partial charge >= 0.3 is 0 Å². The van der Waals surface area contributed by atoms with Crippen molar-refractivity contribution in [3.8, 4) is 16.9 Å². The summed E-state index contributed by atoms with van der Waals surface area (Å²) >= 11 is 6.17. The van der Waals surface area contributed by atoms with Crippen LogP contribution in [-0.2, 0) is 0 Å². The van der Waals surface area contributed by atoms with Crippen molar-refractivity contribution < 1.29 is 9.53 Å². The van der Waals surface area contributed by atoms with E-state index in [1.807, 2.05) is 43.3 Å². The Balaban J connectivity index is 2.35. The van der Waals surface area contributed by atoms with Gasteiger partial charge in [0.25, 0.3) is 0 Å². The molecule has 0 radical (unpaired) electrons. The molecular formula is C16H15ClO2. The Hall–Kier alpha value is -1.80. The van der Waals surface area contributed by atoms with Gasteiger partial charge in [0, 0.05) is 12.0 Å². The lowest BCUT2D eigenvalue weighted by atomic mass is 10.0. The van der Waals surface area contributed by atoms with E-state index in [4.69, 9.17) is 16.3 Å². The minimum Gasteiger partial charge on any atom is -0.497 e. The highest BCUT2D eigenvalue weighted by molar-refractivity contribution is 6.34. The number of Topliss-reactive ketones (excluding diaryl/α,β-unsaturated/α-hetero) is 1. The number of benzene rings is 2. The summed E-state index contributed by atoms with van der Waals surface area (Å²) in [7, 11) is 1.64. The van der Waals surface area contributed by atoms with Crippen LogP contribution in [0.25, 0.3) is 11.1 Å². The predicted molar refractivity (Wildman–Crippen MR) is 78.1 cm³/mol. The lowest BCUT2D eigenvalue weighted by Crippen LogP contribution is -1.97. The van der Waals surface area contributed by atoms with E-state index in [9.17, 15) is 4.79 Å². The van der Waals surface area contributed by atoms with Crippen LogP contribution in [0.3, 0.4) is 0 Å². The molecule has 2 nitrogen and oxygen atoms in total. The molecule has 0 aromatic heterocycles. The summed E-state index contributed by atoms with van der Waals surface area (Å²) in [5.74, 6) is 0.874. The Morgan fingerprint density at radius 3 is 2.26 bits per heavy atom. The number of methoxy groups -OCH3 is 1. The first kappa shape index (κ1) is 13.6. The molecule has 0 atom stereocenters. The largest absolute Gasteiger partial charge is 0.497 e. The van der Waals surface area contributed by atoms with E-state index in [1.54, 1.807) is 13.2 Å². The first-order valence-corrected chi connectivity index (χ1v) is 6.50. The van der Waals surface area contributed by atoms with Gasteiger partial charge < -0.3 is 4.74 Å². The minimum atomic E-state index is 0.0614. The average molecular weight is 275 g/mol. The molecule has 0 saturated heterocycles. The van der Waals surface area contributed by atoms with Crippen LogP contribution < -0.4 is 4.74 Å². The van der Waals surface area contributed by atoms with Gasteiger partial charge in [-0.15, -0.1) is 0 Å². The molecule has 0 amide bonds. The van der Waals surface area contributed by atoms with Gasteiger partial charge in [0.15, 0.2) is 5.78 Å². The second kappa shape index (κ2) is 5.89. The second-order valence-corrected chi connectivity index (χ2v) is 4.61. The first-order valence-electron chi connectivity index (χ1n) is 6.13. The summed E-state index contributed by atoms with van der Waals surface area (Å²) in [5, 5.41) is 0.500. The van der Waals surface area contributed by atoms with Crippen molar-refractivity contribution in [1.82, 2.24) is 0 Å². The topological polar surface area (TPSA) is 26.3 Å². The van der Waals surface area contributed by atoms with E-state index in [0.29, 0.717) is 17.0 Å². The smallest absolute Gasteiger partial charge is 0.164 e. The lowest BCUT2D eigenvalue weighted by molar-refractivity contribution is 0.0988. The third kappa shape index (κ3) is 2.96. The van der Waals surface area contributed by atoms with Gasteiger partial charge in [0.1, 0.15) is 5.75 Å². The molecule has 0 unspecified atom stereocenters. The van der Waals surface area contributed by atoms with Crippen LogP contribution in [0.1, 0.15) is 23.7 Å². The average Bonchev–Trinajstić information content (AvgIpc) is 2.46. The fourth-order valence-corrected chi connectivity index (χ4v) is 2.18. The van der Waals surface area contributed by atoms with Gasteiger partial charge in [-0.25, -0.2) is 0 Å². The number of hydrogen-bond acceptors (Lipinski definition) is 2. The zero-order valence-electron chi connectivity index (χ0n) is 10.9. The van der Waals surface area contributed by atoms with E-state index in [0.717, 1.165) is 16.9 Å². The van der Waals surface area contributed by atoms with Crippen LogP contribution in [0, 0.1) is 0 Å². The van der Waals surface area contributed by atoms with Gasteiger partial charge in [0.2, 0.25) is 0 Å². The molecule has 0 fully saturated rings. The van der Waals surface area contributed by atoms with Crippen molar-refractivity contribution in [2.24, 2.45) is 0 Å². The fourth-order valence-electron chi connectivity index (χ4n) is 1.89. The third-order valence-electron chi connectivity index (χ3n) is 3.01. The summed E-state index contributed by atoms with van der Waals surface area (Å²) < 4.78 is 5.12. The van der Waals surface area contributed by atoms with Gasteiger partial charge in [-0.1, -0.05) is 36.7 Å². The van der Waals surface area contributed by atoms with Gasteiger partial charge in [-0.3, -0.25) is 4.79 Å². The Morgan fingerprint density at radius 1 is 1.11 bits per heavy atom.